The van der Waals surface area contributed by atoms with Crippen molar-refractivity contribution in [2.45, 2.75) is 115 Å². The second-order valence-electron chi connectivity index (χ2n) is 9.43. The van der Waals surface area contributed by atoms with Gasteiger partial charge in [0.05, 0.1) is 18.8 Å². The van der Waals surface area contributed by atoms with Gasteiger partial charge in [-0.1, -0.05) is 44.9 Å². The Balaban J connectivity index is 1.51. The molecule has 29 heavy (non-hydrogen) atoms. The molecule has 3 fully saturated rings. The molecule has 2 heterocycles. The van der Waals surface area contributed by atoms with E-state index in [9.17, 15) is 9.18 Å². The van der Waals surface area contributed by atoms with E-state index >= 15 is 0 Å². The molecule has 1 saturated carbocycles. The molecule has 0 radical (unpaired) electrons. The minimum atomic E-state index is -1.10. The van der Waals surface area contributed by atoms with Crippen LogP contribution in [-0.2, 0) is 9.53 Å². The van der Waals surface area contributed by atoms with E-state index in [-0.39, 0.29) is 36.7 Å². The highest BCUT2D eigenvalue weighted by Crippen LogP contribution is 2.28. The summed E-state index contributed by atoms with van der Waals surface area (Å²) in [5, 5.41) is 0. The van der Waals surface area contributed by atoms with Gasteiger partial charge in [0.2, 0.25) is 5.91 Å². The Labute approximate surface area is 175 Å². The van der Waals surface area contributed by atoms with Crippen molar-refractivity contribution in [3.8, 4) is 0 Å². The van der Waals surface area contributed by atoms with Crippen molar-refractivity contribution in [3.05, 3.63) is 0 Å². The van der Waals surface area contributed by atoms with Crippen molar-refractivity contribution in [2.24, 2.45) is 5.92 Å². The Kier molecular flexibility index (Phi) is 9.15. The molecule has 0 aromatic heterocycles. The van der Waals surface area contributed by atoms with Gasteiger partial charge in [0, 0.05) is 25.0 Å². The highest BCUT2D eigenvalue weighted by Gasteiger charge is 2.37. The number of piperidine rings is 1. The third kappa shape index (κ3) is 6.88. The van der Waals surface area contributed by atoms with E-state index in [2.05, 4.69) is 16.4 Å². The summed E-state index contributed by atoms with van der Waals surface area (Å²) < 4.78 is 20.2. The quantitative estimate of drug-likeness (QED) is 0.647. The summed E-state index contributed by atoms with van der Waals surface area (Å²) in [6, 6.07) is 0.305. The molecule has 6 nitrogen and oxygen atoms in total. The molecular weight excluding hydrogens is 371 g/mol. The van der Waals surface area contributed by atoms with E-state index in [1.165, 1.54) is 57.8 Å². The minimum Gasteiger partial charge on any atom is -0.372 e. The molecular formula is C22H41FN4O2. The van der Waals surface area contributed by atoms with E-state index in [4.69, 9.17) is 4.74 Å². The largest absolute Gasteiger partial charge is 0.372 e. The maximum Gasteiger partial charge on any atom is 0.224 e. The van der Waals surface area contributed by atoms with E-state index in [1.54, 1.807) is 4.90 Å². The zero-order valence-corrected chi connectivity index (χ0v) is 18.3. The van der Waals surface area contributed by atoms with Gasteiger partial charge >= 0.3 is 0 Å². The number of ether oxygens (including phenoxy) is 1. The molecule has 3 aliphatic rings. The zero-order chi connectivity index (χ0) is 20.6. The minimum absolute atomic E-state index is 0.0124. The van der Waals surface area contributed by atoms with Gasteiger partial charge in [0.1, 0.15) is 6.17 Å². The van der Waals surface area contributed by atoms with E-state index in [1.807, 2.05) is 13.8 Å². The van der Waals surface area contributed by atoms with Crippen LogP contribution in [0.2, 0.25) is 0 Å². The van der Waals surface area contributed by atoms with Crippen LogP contribution in [0, 0.1) is 5.92 Å². The number of hydrazine groups is 2. The first kappa shape index (κ1) is 22.9. The fourth-order valence-corrected chi connectivity index (χ4v) is 5.16. The third-order valence-electron chi connectivity index (χ3n) is 6.76. The van der Waals surface area contributed by atoms with Crippen LogP contribution in [0.25, 0.3) is 0 Å². The highest BCUT2D eigenvalue weighted by atomic mass is 19.1. The molecule has 2 unspecified atom stereocenters. The number of halogens is 1. The van der Waals surface area contributed by atoms with Crippen molar-refractivity contribution in [2.75, 3.05) is 13.1 Å². The van der Waals surface area contributed by atoms with Gasteiger partial charge in [0.25, 0.3) is 0 Å². The van der Waals surface area contributed by atoms with Crippen LogP contribution in [0.5, 0.6) is 0 Å². The van der Waals surface area contributed by atoms with E-state index in [0.29, 0.717) is 25.3 Å². The molecule has 0 bridgehead atoms. The van der Waals surface area contributed by atoms with E-state index in [0.717, 1.165) is 0 Å². The summed E-state index contributed by atoms with van der Waals surface area (Å²) in [6.45, 7) is 4.58. The summed E-state index contributed by atoms with van der Waals surface area (Å²) in [5.41, 5.74) is 9.70. The summed E-state index contributed by atoms with van der Waals surface area (Å²) in [5.74, 6) is 0.621. The molecule has 7 heteroatoms. The third-order valence-corrected chi connectivity index (χ3v) is 6.76. The number of amides is 1. The van der Waals surface area contributed by atoms with Crippen LogP contribution in [0.1, 0.15) is 84.5 Å². The number of alkyl halides is 1. The summed E-state index contributed by atoms with van der Waals surface area (Å²) in [4.78, 5) is 14.6. The molecule has 1 amide bonds. The lowest BCUT2D eigenvalue weighted by Crippen LogP contribution is -2.51. The average molecular weight is 413 g/mol. The Bertz CT molecular complexity index is 497. The summed E-state index contributed by atoms with van der Waals surface area (Å²) in [7, 11) is 0. The number of hydrogen-bond acceptors (Lipinski definition) is 5. The Hall–Kier alpha value is -0.760. The molecule has 3 rings (SSSR count). The lowest BCUT2D eigenvalue weighted by molar-refractivity contribution is -0.139. The topological polar surface area (TPSA) is 65.6 Å². The standard InChI is InChI=1S/C22H41FN4O2/c1-16(2)29-20-12-13-27(15-18(20)23)21(28)14-19-22(25-26-24-19)17-10-8-6-4-3-5-7-9-11-17/h16-20,22,24-26H,3-15H2,1-2H3/t18-,19?,20+,22?/m1/s1. The first-order chi connectivity index (χ1) is 14.0. The normalized spacial score (nSPS) is 33.2. The molecule has 2 aliphatic heterocycles. The van der Waals surface area contributed by atoms with Crippen molar-refractivity contribution < 1.29 is 13.9 Å². The van der Waals surface area contributed by atoms with Crippen LogP contribution in [0.4, 0.5) is 4.39 Å². The van der Waals surface area contributed by atoms with Crippen molar-refractivity contribution in [1.82, 2.24) is 21.3 Å². The second kappa shape index (κ2) is 11.6. The fourth-order valence-electron chi connectivity index (χ4n) is 5.16. The zero-order valence-electron chi connectivity index (χ0n) is 18.3. The molecule has 168 valence electrons. The smallest absolute Gasteiger partial charge is 0.224 e. The highest BCUT2D eigenvalue weighted by molar-refractivity contribution is 5.77. The summed E-state index contributed by atoms with van der Waals surface area (Å²) >= 11 is 0. The first-order valence-corrected chi connectivity index (χ1v) is 11.9. The van der Waals surface area contributed by atoms with Gasteiger partial charge in [0.15, 0.2) is 0 Å². The van der Waals surface area contributed by atoms with Crippen LogP contribution < -0.4 is 16.4 Å². The maximum absolute atomic E-state index is 14.5. The van der Waals surface area contributed by atoms with Crippen LogP contribution in [0.15, 0.2) is 0 Å². The number of hydrogen-bond donors (Lipinski definition) is 3. The molecule has 1 aliphatic carbocycles. The van der Waals surface area contributed by atoms with Gasteiger partial charge in [-0.3, -0.25) is 4.79 Å². The van der Waals surface area contributed by atoms with Crippen LogP contribution in [-0.4, -0.2) is 54.4 Å². The molecule has 0 aromatic carbocycles. The Morgan fingerprint density at radius 1 is 1.03 bits per heavy atom. The van der Waals surface area contributed by atoms with Gasteiger partial charge in [-0.15, -0.1) is 0 Å². The fraction of sp³-hybridized carbons (Fsp3) is 0.955. The van der Waals surface area contributed by atoms with Gasteiger partial charge in [-0.2, -0.15) is 5.53 Å². The van der Waals surface area contributed by atoms with Crippen LogP contribution >= 0.6 is 0 Å². The molecule has 3 N–H and O–H groups in total. The van der Waals surface area contributed by atoms with Gasteiger partial charge < -0.3 is 9.64 Å². The second-order valence-corrected chi connectivity index (χ2v) is 9.43. The predicted molar refractivity (Wildman–Crippen MR) is 113 cm³/mol. The van der Waals surface area contributed by atoms with Crippen molar-refractivity contribution >= 4 is 5.91 Å². The summed E-state index contributed by atoms with van der Waals surface area (Å²) in [6.07, 6.45) is 11.2. The number of nitrogens with zero attached hydrogens (tertiary/aromatic N) is 1. The predicted octanol–water partition coefficient (Wildman–Crippen LogP) is 3.23. The molecule has 0 spiro atoms. The molecule has 0 aromatic rings. The lowest BCUT2D eigenvalue weighted by atomic mass is 9.83. The Morgan fingerprint density at radius 3 is 2.31 bits per heavy atom. The number of carbonyl (C=O) groups is 1. The SMILES string of the molecule is CC(C)O[C@H]1CCN(C(=O)CC2NNNC2C2CCCCCCCCC2)C[C@H]1F. The van der Waals surface area contributed by atoms with Gasteiger partial charge in [-0.05, 0) is 39.0 Å². The number of likely N-dealkylation sites (tertiary alicyclic amines) is 1. The maximum atomic E-state index is 14.5. The molecule has 4 atom stereocenters. The number of rotatable bonds is 5. The van der Waals surface area contributed by atoms with Gasteiger partial charge in [-0.25, -0.2) is 15.2 Å². The molecule has 2 saturated heterocycles. The van der Waals surface area contributed by atoms with Crippen molar-refractivity contribution in [1.29, 1.82) is 0 Å². The number of nitrogens with one attached hydrogen (secondary N) is 3. The number of carbonyl (C=O) groups excluding carboxylic acids is 1. The monoisotopic (exact) mass is 412 g/mol. The van der Waals surface area contributed by atoms with Crippen molar-refractivity contribution in [3.63, 3.8) is 0 Å². The lowest BCUT2D eigenvalue weighted by Gasteiger charge is -2.36. The van der Waals surface area contributed by atoms with Crippen LogP contribution in [0.3, 0.4) is 0 Å². The Morgan fingerprint density at radius 2 is 1.69 bits per heavy atom. The first-order valence-electron chi connectivity index (χ1n) is 11.9. The van der Waals surface area contributed by atoms with E-state index < -0.39 is 6.17 Å². The average Bonchev–Trinajstić information content (AvgIpc) is 3.15.